The average molecular weight is 416 g/mol. The fourth-order valence-corrected chi connectivity index (χ4v) is 1.65. The van der Waals surface area contributed by atoms with Gasteiger partial charge in [-0.05, 0) is 0 Å². The molecule has 0 N–H and O–H groups in total. The summed E-state index contributed by atoms with van der Waals surface area (Å²) in [5.41, 5.74) is -8.22. The monoisotopic (exact) mass is 416 g/mol. The van der Waals surface area contributed by atoms with E-state index in [1.807, 2.05) is 0 Å². The van der Waals surface area contributed by atoms with Crippen LogP contribution in [0.25, 0.3) is 0 Å². The molecule has 0 aromatic rings. The predicted molar refractivity (Wildman–Crippen MR) is 40.7 cm³/mol. The lowest BCUT2D eigenvalue weighted by molar-refractivity contribution is -0.569. The lowest BCUT2D eigenvalue weighted by atomic mass is 9.79. The molecule has 1 heterocycles. The first-order chi connectivity index (χ1) is 10.5. The van der Waals surface area contributed by atoms with E-state index in [9.17, 15) is 70.2 Å². The molecule has 0 spiro atoms. The van der Waals surface area contributed by atoms with Crippen molar-refractivity contribution in [2.75, 3.05) is 0 Å². The number of hydrogen-bond donors (Lipinski definition) is 0. The molecule has 1 aliphatic rings. The fourth-order valence-electron chi connectivity index (χ4n) is 1.65. The smallest absolute Gasteiger partial charge is 0.247 e. The zero-order valence-corrected chi connectivity index (χ0v) is 10.5. The van der Waals surface area contributed by atoms with Crippen molar-refractivity contribution >= 4 is 0 Å². The van der Waals surface area contributed by atoms with Gasteiger partial charge >= 0.3 is 47.8 Å². The van der Waals surface area contributed by atoms with E-state index < -0.39 is 47.8 Å². The van der Waals surface area contributed by atoms with Crippen molar-refractivity contribution in [3.63, 3.8) is 0 Å². The van der Waals surface area contributed by atoms with E-state index >= 15 is 0 Å². The van der Waals surface area contributed by atoms with Crippen LogP contribution in [0.5, 0.6) is 0 Å². The van der Waals surface area contributed by atoms with Crippen LogP contribution >= 0.6 is 0 Å². The van der Waals surface area contributed by atoms with E-state index in [1.165, 1.54) is 4.74 Å². The maximum atomic E-state index is 13.6. The van der Waals surface area contributed by atoms with E-state index in [-0.39, 0.29) is 0 Å². The zero-order valence-electron chi connectivity index (χ0n) is 10.5. The van der Waals surface area contributed by atoms with E-state index in [4.69, 9.17) is 0 Å². The topological polar surface area (TPSA) is 9.23 Å². The summed E-state index contributed by atoms with van der Waals surface area (Å²) < 4.78 is 204. The first-order valence-corrected chi connectivity index (χ1v) is 5.18. The summed E-state index contributed by atoms with van der Waals surface area (Å²) in [6.45, 7) is 0. The summed E-state index contributed by atoms with van der Waals surface area (Å²) in [5, 5.41) is 0. The Labute approximate surface area is 124 Å². The van der Waals surface area contributed by atoms with Crippen molar-refractivity contribution in [3.05, 3.63) is 0 Å². The van der Waals surface area contributed by atoms with Crippen LogP contribution in [0.2, 0.25) is 0 Å². The lowest BCUT2D eigenvalue weighted by Crippen LogP contribution is -2.84. The second-order valence-electron chi connectivity index (χ2n) is 4.59. The predicted octanol–water partition coefficient (Wildman–Crippen LogP) is 5.01. The first-order valence-electron chi connectivity index (χ1n) is 5.18. The largest absolute Gasteiger partial charge is 0.460 e. The van der Waals surface area contributed by atoms with Crippen molar-refractivity contribution in [3.8, 4) is 0 Å². The van der Waals surface area contributed by atoms with Gasteiger partial charge in [0.15, 0.2) is 0 Å². The third-order valence-electron chi connectivity index (χ3n) is 3.03. The third-order valence-corrected chi connectivity index (χ3v) is 3.03. The second-order valence-corrected chi connectivity index (χ2v) is 4.59. The maximum absolute atomic E-state index is 13.6. The van der Waals surface area contributed by atoms with Crippen molar-refractivity contribution in [2.24, 2.45) is 0 Å². The van der Waals surface area contributed by atoms with Crippen LogP contribution in [0.3, 0.4) is 0 Å². The molecule has 1 rings (SSSR count). The van der Waals surface area contributed by atoms with Crippen molar-refractivity contribution in [1.82, 2.24) is 0 Å². The van der Waals surface area contributed by atoms with Gasteiger partial charge in [0.05, 0.1) is 0 Å². The summed E-state index contributed by atoms with van der Waals surface area (Å²) >= 11 is 0. The number of hydrogen-bond acceptors (Lipinski definition) is 1. The molecule has 0 amide bonds. The van der Waals surface area contributed by atoms with Crippen molar-refractivity contribution in [2.45, 2.75) is 47.8 Å². The highest BCUT2D eigenvalue weighted by Crippen LogP contribution is 2.69. The Bertz CT molecular complexity index is 545. The van der Waals surface area contributed by atoms with Crippen molar-refractivity contribution in [1.29, 1.82) is 0 Å². The second kappa shape index (κ2) is 4.76. The highest BCUT2D eigenvalue weighted by molar-refractivity contribution is 5.22. The molecule has 1 fully saturated rings. The quantitative estimate of drug-likeness (QED) is 0.575. The van der Waals surface area contributed by atoms with Gasteiger partial charge in [-0.2, -0.15) is 65.9 Å². The van der Waals surface area contributed by atoms with E-state index in [1.54, 1.807) is 0 Å². The van der Waals surface area contributed by atoms with Gasteiger partial charge in [-0.3, -0.25) is 0 Å². The van der Waals surface area contributed by atoms with Crippen LogP contribution in [-0.4, -0.2) is 47.8 Å². The minimum absolute atomic E-state index is 1.47. The van der Waals surface area contributed by atoms with E-state index in [2.05, 4.69) is 0 Å². The number of ether oxygens (including phenoxy) is 1. The molecule has 1 saturated heterocycles. The average Bonchev–Trinajstić information content (AvgIpc) is 2.32. The minimum Gasteiger partial charge on any atom is -0.247 e. The van der Waals surface area contributed by atoms with Gasteiger partial charge in [0.1, 0.15) is 0 Å². The molecule has 17 heteroatoms. The summed E-state index contributed by atoms with van der Waals surface area (Å²) in [5.74, 6) is -32.3. The highest BCUT2D eigenvalue weighted by Gasteiger charge is 3.02. The zero-order chi connectivity index (χ0) is 20.7. The summed E-state index contributed by atoms with van der Waals surface area (Å²) in [7, 11) is 0. The van der Waals surface area contributed by atoms with Gasteiger partial charge in [-0.25, -0.2) is 9.13 Å². The molecule has 0 saturated carbocycles. The van der Waals surface area contributed by atoms with Gasteiger partial charge in [-0.15, -0.1) is 0 Å². The molecule has 1 unspecified atom stereocenters. The highest BCUT2D eigenvalue weighted by atomic mass is 19.4. The molecule has 0 aromatic carbocycles. The summed E-state index contributed by atoms with van der Waals surface area (Å²) in [6, 6.07) is 0. The first kappa shape index (κ1) is 21.9. The Kier molecular flexibility index (Phi) is 4.17. The van der Waals surface area contributed by atoms with Crippen LogP contribution in [0.1, 0.15) is 0 Å². The van der Waals surface area contributed by atoms with Crippen molar-refractivity contribution < 1.29 is 75.0 Å². The van der Waals surface area contributed by atoms with Crippen LogP contribution in [0.15, 0.2) is 0 Å². The Hall–Kier alpha value is -1.16. The minimum atomic E-state index is -8.38. The standard InChI is InChI=1S/C8F16O/c9-1(2(10,11)4(14,15)6(18,19)20)3(12,13)5(16,17)8(23,24)25-7(1,21)22. The van der Waals surface area contributed by atoms with Gasteiger partial charge in [-0.1, -0.05) is 0 Å². The Morgan fingerprint density at radius 3 is 1.20 bits per heavy atom. The summed E-state index contributed by atoms with van der Waals surface area (Å²) in [6.07, 6.45) is -22.4. The van der Waals surface area contributed by atoms with Gasteiger partial charge in [0.2, 0.25) is 0 Å². The molecule has 0 aliphatic carbocycles. The van der Waals surface area contributed by atoms with Crippen LogP contribution < -0.4 is 0 Å². The van der Waals surface area contributed by atoms with Crippen LogP contribution in [0, 0.1) is 0 Å². The number of rotatable bonds is 2. The number of alkyl halides is 16. The SMILES string of the molecule is FC(F)(F)C(F)(F)C(F)(F)C1(F)C(F)(F)OC(F)(F)C(F)(F)C1(F)F. The molecule has 0 radical (unpaired) electrons. The summed E-state index contributed by atoms with van der Waals surface area (Å²) in [4.78, 5) is 0. The normalized spacial score (nSPS) is 31.7. The molecular weight excluding hydrogens is 416 g/mol. The van der Waals surface area contributed by atoms with Gasteiger partial charge in [0.25, 0.3) is 0 Å². The van der Waals surface area contributed by atoms with Gasteiger partial charge in [0, 0.05) is 0 Å². The maximum Gasteiger partial charge on any atom is 0.460 e. The molecule has 1 aliphatic heterocycles. The van der Waals surface area contributed by atoms with E-state index in [0.717, 1.165) is 0 Å². The van der Waals surface area contributed by atoms with Crippen LogP contribution in [0.4, 0.5) is 70.2 Å². The molecule has 1 atom stereocenters. The molecule has 25 heavy (non-hydrogen) atoms. The molecule has 0 aromatic heterocycles. The molecule has 1 nitrogen and oxygen atoms in total. The lowest BCUT2D eigenvalue weighted by Gasteiger charge is -2.51. The fraction of sp³-hybridized carbons (Fsp3) is 1.00. The Balaban J connectivity index is 3.87. The Morgan fingerprint density at radius 1 is 0.520 bits per heavy atom. The van der Waals surface area contributed by atoms with Gasteiger partial charge < -0.3 is 0 Å². The Morgan fingerprint density at radius 2 is 0.880 bits per heavy atom. The van der Waals surface area contributed by atoms with Crippen LogP contribution in [-0.2, 0) is 4.74 Å². The number of halogens is 16. The molecule has 0 bridgehead atoms. The third kappa shape index (κ3) is 2.16. The van der Waals surface area contributed by atoms with E-state index in [0.29, 0.717) is 0 Å². The molecule has 150 valence electrons. The molecular formula is C8F16O.